The van der Waals surface area contributed by atoms with Gasteiger partial charge in [0, 0.05) is 16.9 Å². The fourth-order valence-electron chi connectivity index (χ4n) is 1.88. The van der Waals surface area contributed by atoms with Gasteiger partial charge in [0.15, 0.2) is 5.78 Å². The van der Waals surface area contributed by atoms with Crippen molar-refractivity contribution in [3.63, 3.8) is 0 Å². The first-order valence-corrected chi connectivity index (χ1v) is 7.56. The lowest BCUT2D eigenvalue weighted by molar-refractivity contribution is -0.304. The molecule has 0 amide bonds. The van der Waals surface area contributed by atoms with E-state index in [0.29, 0.717) is 0 Å². The number of rotatable bonds is 6. The van der Waals surface area contributed by atoms with Crippen molar-refractivity contribution in [2.45, 2.75) is 23.5 Å². The number of carbonyl (C=O) groups is 2. The van der Waals surface area contributed by atoms with Crippen LogP contribution in [-0.2, 0) is 4.79 Å². The molecule has 0 unspecified atom stereocenters. The third-order valence-corrected chi connectivity index (χ3v) is 4.29. The largest absolute Gasteiger partial charge is 0.549 e. The molecule has 114 valence electrons. The lowest BCUT2D eigenvalue weighted by Gasteiger charge is -2.17. The summed E-state index contributed by atoms with van der Waals surface area (Å²) < 4.78 is 12.8. The molecule has 0 spiro atoms. The molecule has 0 N–H and O–H groups in total. The molecular formula is C17H14FO3S-. The van der Waals surface area contributed by atoms with E-state index in [2.05, 4.69) is 0 Å². The maximum absolute atomic E-state index is 12.8. The minimum atomic E-state index is -1.29. The van der Waals surface area contributed by atoms with Gasteiger partial charge in [-0.2, -0.15) is 0 Å². The van der Waals surface area contributed by atoms with E-state index in [4.69, 9.17) is 0 Å². The predicted molar refractivity (Wildman–Crippen MR) is 81.2 cm³/mol. The van der Waals surface area contributed by atoms with E-state index in [1.807, 2.05) is 19.1 Å². The van der Waals surface area contributed by atoms with Gasteiger partial charge < -0.3 is 9.90 Å². The molecule has 2 aromatic rings. The molecule has 0 bridgehead atoms. The standard InChI is InChI=1S/C17H15FO3S/c1-11-2-8-14(9-3-11)22-16(17(20)21)10-15(19)12-4-6-13(18)7-5-12/h2-9,16H,10H2,1H3,(H,20,21)/p-1/t16-/m1/s1. The minimum Gasteiger partial charge on any atom is -0.549 e. The second kappa shape index (κ2) is 7.22. The third-order valence-electron chi connectivity index (χ3n) is 3.10. The van der Waals surface area contributed by atoms with Gasteiger partial charge in [-0.05, 0) is 43.3 Å². The van der Waals surface area contributed by atoms with Crippen LogP contribution in [0.25, 0.3) is 0 Å². The summed E-state index contributed by atoms with van der Waals surface area (Å²) in [5.74, 6) is -2.09. The summed E-state index contributed by atoms with van der Waals surface area (Å²) in [6.45, 7) is 1.93. The average molecular weight is 317 g/mol. The molecule has 2 rings (SSSR count). The van der Waals surface area contributed by atoms with Gasteiger partial charge in [0.2, 0.25) is 0 Å². The number of thioether (sulfide) groups is 1. The Balaban J connectivity index is 2.08. The third kappa shape index (κ3) is 4.43. The minimum absolute atomic E-state index is 0.202. The van der Waals surface area contributed by atoms with Gasteiger partial charge in [-0.1, -0.05) is 17.7 Å². The quantitative estimate of drug-likeness (QED) is 0.607. The molecule has 0 fully saturated rings. The van der Waals surface area contributed by atoms with Crippen molar-refractivity contribution < 1.29 is 19.1 Å². The van der Waals surface area contributed by atoms with E-state index in [1.165, 1.54) is 24.3 Å². The van der Waals surface area contributed by atoms with Crippen molar-refractivity contribution in [1.29, 1.82) is 0 Å². The summed E-state index contributed by atoms with van der Waals surface area (Å²) in [5.41, 5.74) is 1.36. The van der Waals surface area contributed by atoms with E-state index in [1.54, 1.807) is 12.1 Å². The zero-order valence-electron chi connectivity index (χ0n) is 11.9. The first-order valence-electron chi connectivity index (χ1n) is 6.68. The Morgan fingerprint density at radius 1 is 1.09 bits per heavy atom. The first kappa shape index (κ1) is 16.2. The van der Waals surface area contributed by atoms with E-state index in [9.17, 15) is 19.1 Å². The summed E-state index contributed by atoms with van der Waals surface area (Å²) in [7, 11) is 0. The van der Waals surface area contributed by atoms with Crippen LogP contribution in [-0.4, -0.2) is 17.0 Å². The van der Waals surface area contributed by atoms with Gasteiger partial charge in [-0.3, -0.25) is 4.79 Å². The van der Waals surface area contributed by atoms with Gasteiger partial charge in [-0.15, -0.1) is 11.8 Å². The number of halogens is 1. The number of carbonyl (C=O) groups excluding carboxylic acids is 2. The number of carboxylic acids is 1. The highest BCUT2D eigenvalue weighted by Gasteiger charge is 2.18. The van der Waals surface area contributed by atoms with Crippen LogP contribution < -0.4 is 5.11 Å². The van der Waals surface area contributed by atoms with Crippen molar-refractivity contribution in [3.05, 3.63) is 65.5 Å². The monoisotopic (exact) mass is 317 g/mol. The number of aryl methyl sites for hydroxylation is 1. The van der Waals surface area contributed by atoms with E-state index in [0.717, 1.165) is 22.2 Å². The molecule has 0 aromatic heterocycles. The Kier molecular flexibility index (Phi) is 5.33. The highest BCUT2D eigenvalue weighted by molar-refractivity contribution is 8.00. The van der Waals surface area contributed by atoms with Crippen molar-refractivity contribution >= 4 is 23.5 Å². The summed E-state index contributed by atoms with van der Waals surface area (Å²) in [5, 5.41) is 10.3. The molecule has 0 heterocycles. The van der Waals surface area contributed by atoms with Gasteiger partial charge in [0.25, 0.3) is 0 Å². The SMILES string of the molecule is Cc1ccc(S[C@H](CC(=O)c2ccc(F)cc2)C(=O)[O-])cc1. The molecular weight excluding hydrogens is 303 g/mol. The molecule has 0 aliphatic carbocycles. The molecule has 1 atom stereocenters. The second-order valence-electron chi connectivity index (χ2n) is 4.87. The number of benzene rings is 2. The summed E-state index contributed by atoms with van der Waals surface area (Å²) in [6.07, 6.45) is -0.202. The van der Waals surface area contributed by atoms with Gasteiger partial charge >= 0.3 is 0 Å². The van der Waals surface area contributed by atoms with Crippen LogP contribution in [0.5, 0.6) is 0 Å². The van der Waals surface area contributed by atoms with E-state index < -0.39 is 17.0 Å². The van der Waals surface area contributed by atoms with E-state index in [-0.39, 0.29) is 17.8 Å². The first-order chi connectivity index (χ1) is 10.5. The Bertz CT molecular complexity index is 665. The van der Waals surface area contributed by atoms with Gasteiger partial charge in [0.05, 0.1) is 11.2 Å². The fourth-order valence-corrected chi connectivity index (χ4v) is 2.83. The summed E-state index contributed by atoms with van der Waals surface area (Å²) in [6, 6.07) is 12.4. The molecule has 2 aromatic carbocycles. The maximum atomic E-state index is 12.8. The number of Topliss-reactive ketones (excluding diaryl/α,β-unsaturated/α-hetero) is 1. The molecule has 3 nitrogen and oxygen atoms in total. The molecule has 0 saturated heterocycles. The number of ketones is 1. The number of hydrogen-bond donors (Lipinski definition) is 0. The highest BCUT2D eigenvalue weighted by atomic mass is 32.2. The number of carboxylic acid groups (broad SMARTS) is 1. The fraction of sp³-hybridized carbons (Fsp3) is 0.176. The maximum Gasteiger partial charge on any atom is 0.164 e. The number of hydrogen-bond acceptors (Lipinski definition) is 4. The van der Waals surface area contributed by atoms with Crippen LogP contribution in [0.3, 0.4) is 0 Å². The topological polar surface area (TPSA) is 57.2 Å². The van der Waals surface area contributed by atoms with Gasteiger partial charge in [0.1, 0.15) is 5.82 Å². The van der Waals surface area contributed by atoms with Crippen LogP contribution in [0.15, 0.2) is 53.4 Å². The van der Waals surface area contributed by atoms with Crippen molar-refractivity contribution in [2.24, 2.45) is 0 Å². The second-order valence-corrected chi connectivity index (χ2v) is 6.15. The smallest absolute Gasteiger partial charge is 0.164 e. The highest BCUT2D eigenvalue weighted by Crippen LogP contribution is 2.26. The van der Waals surface area contributed by atoms with Crippen LogP contribution in [0.4, 0.5) is 4.39 Å². The molecule has 5 heteroatoms. The molecule has 0 aliphatic heterocycles. The van der Waals surface area contributed by atoms with Gasteiger partial charge in [-0.25, -0.2) is 4.39 Å². The zero-order chi connectivity index (χ0) is 16.1. The van der Waals surface area contributed by atoms with Crippen molar-refractivity contribution in [3.8, 4) is 0 Å². The predicted octanol–water partition coefficient (Wildman–Crippen LogP) is 2.62. The Morgan fingerprint density at radius 2 is 1.68 bits per heavy atom. The van der Waals surface area contributed by atoms with E-state index >= 15 is 0 Å². The Labute approximate surface area is 132 Å². The molecule has 0 aliphatic rings. The Hall–Kier alpha value is -2.14. The Morgan fingerprint density at radius 3 is 2.23 bits per heavy atom. The summed E-state index contributed by atoms with van der Waals surface area (Å²) in [4.78, 5) is 24.1. The molecule has 22 heavy (non-hydrogen) atoms. The lowest BCUT2D eigenvalue weighted by Crippen LogP contribution is -2.35. The summed E-state index contributed by atoms with van der Waals surface area (Å²) >= 11 is 1.07. The van der Waals surface area contributed by atoms with Crippen LogP contribution >= 0.6 is 11.8 Å². The van der Waals surface area contributed by atoms with Crippen LogP contribution in [0.2, 0.25) is 0 Å². The normalized spacial score (nSPS) is 11.9. The molecule has 0 saturated carbocycles. The van der Waals surface area contributed by atoms with Crippen molar-refractivity contribution in [2.75, 3.05) is 0 Å². The van der Waals surface area contributed by atoms with Crippen LogP contribution in [0, 0.1) is 12.7 Å². The lowest BCUT2D eigenvalue weighted by atomic mass is 10.1. The zero-order valence-corrected chi connectivity index (χ0v) is 12.7. The average Bonchev–Trinajstić information content (AvgIpc) is 2.49. The molecule has 0 radical (unpaired) electrons. The van der Waals surface area contributed by atoms with Crippen LogP contribution in [0.1, 0.15) is 22.3 Å². The number of aliphatic carboxylic acids is 1. The van der Waals surface area contributed by atoms with Crippen molar-refractivity contribution in [1.82, 2.24) is 0 Å².